The van der Waals surface area contributed by atoms with Crippen LogP contribution in [-0.2, 0) is 30.9 Å². The second-order valence-corrected chi connectivity index (χ2v) is 11.5. The van der Waals surface area contributed by atoms with Gasteiger partial charge in [-0.15, -0.1) is 0 Å². The molecule has 4 rings (SSSR count). The second kappa shape index (κ2) is 13.0. The zero-order chi connectivity index (χ0) is 28.0. The number of para-hydroxylation sites is 1. The van der Waals surface area contributed by atoms with Crippen molar-refractivity contribution in [2.45, 2.75) is 11.5 Å². The van der Waals surface area contributed by atoms with Gasteiger partial charge in [0.05, 0.1) is 18.2 Å². The number of carbonyl (C=O) groups is 2. The number of hydrogen-bond donors (Lipinski definition) is 1. The average molecular weight is 614 g/mol. The van der Waals surface area contributed by atoms with Gasteiger partial charge < -0.3 is 19.5 Å². The summed E-state index contributed by atoms with van der Waals surface area (Å²) in [5, 5.41) is 3.44. The Morgan fingerprint density at radius 2 is 1.69 bits per heavy atom. The van der Waals surface area contributed by atoms with Gasteiger partial charge in [0.25, 0.3) is 5.91 Å². The topological polar surface area (TPSA) is 111 Å². The Hall–Kier alpha value is -2.86. The molecule has 9 nitrogen and oxygen atoms in total. The Balaban J connectivity index is 1.37. The molecule has 1 fully saturated rings. The summed E-state index contributed by atoms with van der Waals surface area (Å²) in [7, 11) is -3.89. The van der Waals surface area contributed by atoms with Crippen LogP contribution in [0, 0.1) is 0 Å². The van der Waals surface area contributed by atoms with E-state index in [9.17, 15) is 18.0 Å². The van der Waals surface area contributed by atoms with E-state index in [2.05, 4.69) is 5.32 Å². The summed E-state index contributed by atoms with van der Waals surface area (Å²) in [6.45, 7) is 0.410. The minimum absolute atomic E-state index is 0.0161. The molecule has 0 radical (unpaired) electrons. The molecule has 1 aliphatic rings. The third kappa shape index (κ3) is 7.42. The number of nitrogens with zero attached hydrogens (tertiary/aromatic N) is 1. The number of sulfonamides is 1. The fraction of sp³-hybridized carbons (Fsp3) is 0.231. The molecule has 3 aromatic rings. The van der Waals surface area contributed by atoms with Crippen LogP contribution in [-0.4, -0.2) is 57.5 Å². The molecule has 206 valence electrons. The molecule has 1 saturated heterocycles. The van der Waals surface area contributed by atoms with E-state index in [0.29, 0.717) is 15.6 Å². The van der Waals surface area contributed by atoms with Crippen LogP contribution < -0.4 is 10.1 Å². The number of hydrogen-bond acceptors (Lipinski definition) is 7. The predicted octanol–water partition coefficient (Wildman–Crippen LogP) is 5.04. The highest BCUT2D eigenvalue weighted by atomic mass is 35.5. The van der Waals surface area contributed by atoms with E-state index in [1.807, 2.05) is 0 Å². The summed E-state index contributed by atoms with van der Waals surface area (Å²) < 4.78 is 43.4. The predicted molar refractivity (Wildman–Crippen MR) is 147 cm³/mol. The number of anilines is 1. The molecule has 1 aliphatic heterocycles. The maximum Gasteiger partial charge on any atom is 0.342 e. The standard InChI is InChI=1S/C26H23Cl3N2O7S/c27-18-6-5-17(22(29)13-18)15-37-23-4-2-1-3-20(23)26(33)38-16-25(32)30-19-7-8-21(28)24(14-19)39(34,35)31-9-11-36-12-10-31/h1-8,13-14H,9-12,15-16H2,(H,30,32). The highest BCUT2D eigenvalue weighted by Gasteiger charge is 2.29. The Kier molecular flexibility index (Phi) is 9.71. The second-order valence-electron chi connectivity index (χ2n) is 8.31. The lowest BCUT2D eigenvalue weighted by molar-refractivity contribution is -0.119. The van der Waals surface area contributed by atoms with Gasteiger partial charge >= 0.3 is 5.97 Å². The van der Waals surface area contributed by atoms with Gasteiger partial charge in [-0.1, -0.05) is 53.0 Å². The number of morpholine rings is 1. The molecule has 1 heterocycles. The number of ether oxygens (including phenoxy) is 3. The number of carbonyl (C=O) groups excluding carboxylic acids is 2. The van der Waals surface area contributed by atoms with E-state index in [-0.39, 0.29) is 59.8 Å². The van der Waals surface area contributed by atoms with Gasteiger partial charge in [0.2, 0.25) is 10.0 Å². The van der Waals surface area contributed by atoms with Gasteiger partial charge in [-0.05, 0) is 42.5 Å². The summed E-state index contributed by atoms with van der Waals surface area (Å²) >= 11 is 18.3. The van der Waals surface area contributed by atoms with Crippen LogP contribution in [0.25, 0.3) is 0 Å². The lowest BCUT2D eigenvalue weighted by atomic mass is 10.2. The highest BCUT2D eigenvalue weighted by Crippen LogP contribution is 2.29. The van der Waals surface area contributed by atoms with Crippen molar-refractivity contribution in [1.82, 2.24) is 4.31 Å². The number of benzene rings is 3. The molecule has 0 spiro atoms. The Labute approximate surface area is 240 Å². The highest BCUT2D eigenvalue weighted by molar-refractivity contribution is 7.89. The van der Waals surface area contributed by atoms with E-state index in [4.69, 9.17) is 49.0 Å². The SMILES string of the molecule is O=C(COC(=O)c1ccccc1OCc1ccc(Cl)cc1Cl)Nc1ccc(Cl)c(S(=O)(=O)N2CCOCC2)c1. The lowest BCUT2D eigenvalue weighted by Crippen LogP contribution is -2.40. The van der Waals surface area contributed by atoms with Crippen LogP contribution in [0.4, 0.5) is 5.69 Å². The molecule has 0 saturated carbocycles. The molecule has 13 heteroatoms. The van der Waals surface area contributed by atoms with Gasteiger partial charge in [0.15, 0.2) is 6.61 Å². The van der Waals surface area contributed by atoms with Crippen molar-refractivity contribution >= 4 is 62.4 Å². The van der Waals surface area contributed by atoms with Crippen molar-refractivity contribution in [2.75, 3.05) is 38.2 Å². The smallest absolute Gasteiger partial charge is 0.342 e. The molecule has 0 aromatic heterocycles. The fourth-order valence-corrected chi connectivity index (χ4v) is 6.04. The fourth-order valence-electron chi connectivity index (χ4n) is 3.67. The lowest BCUT2D eigenvalue weighted by Gasteiger charge is -2.26. The summed E-state index contributed by atoms with van der Waals surface area (Å²) in [6, 6.07) is 15.5. The number of esters is 1. The Bertz CT molecular complexity index is 1480. The number of amides is 1. The van der Waals surface area contributed by atoms with Gasteiger partial charge in [-0.2, -0.15) is 4.31 Å². The quantitative estimate of drug-likeness (QED) is 0.337. The summed E-state index contributed by atoms with van der Waals surface area (Å²) in [4.78, 5) is 25.1. The van der Waals surface area contributed by atoms with Crippen molar-refractivity contribution in [3.05, 3.63) is 86.9 Å². The van der Waals surface area contributed by atoms with Gasteiger partial charge in [-0.25, -0.2) is 13.2 Å². The van der Waals surface area contributed by atoms with E-state index in [1.54, 1.807) is 36.4 Å². The third-order valence-corrected chi connectivity index (χ3v) is 8.61. The van der Waals surface area contributed by atoms with Crippen molar-refractivity contribution in [3.63, 3.8) is 0 Å². The van der Waals surface area contributed by atoms with Crippen LogP contribution in [0.1, 0.15) is 15.9 Å². The van der Waals surface area contributed by atoms with Crippen LogP contribution in [0.5, 0.6) is 5.75 Å². The van der Waals surface area contributed by atoms with Crippen molar-refractivity contribution in [3.8, 4) is 5.75 Å². The molecule has 0 atom stereocenters. The molecule has 0 bridgehead atoms. The molecule has 1 amide bonds. The minimum Gasteiger partial charge on any atom is -0.488 e. The number of rotatable bonds is 9. The first-order valence-corrected chi connectivity index (χ1v) is 14.2. The van der Waals surface area contributed by atoms with Gasteiger partial charge in [0, 0.05) is 34.4 Å². The van der Waals surface area contributed by atoms with E-state index in [0.717, 1.165) is 0 Å². The van der Waals surface area contributed by atoms with Crippen molar-refractivity contribution in [1.29, 1.82) is 0 Å². The van der Waals surface area contributed by atoms with E-state index >= 15 is 0 Å². The zero-order valence-electron chi connectivity index (χ0n) is 20.4. The molecule has 39 heavy (non-hydrogen) atoms. The summed E-state index contributed by atoms with van der Waals surface area (Å²) in [6.07, 6.45) is 0. The average Bonchev–Trinajstić information content (AvgIpc) is 2.93. The van der Waals surface area contributed by atoms with E-state index < -0.39 is 28.5 Å². The summed E-state index contributed by atoms with van der Waals surface area (Å²) in [5.74, 6) is -1.22. The zero-order valence-corrected chi connectivity index (χ0v) is 23.4. The van der Waals surface area contributed by atoms with Gasteiger partial charge in [-0.3, -0.25) is 4.79 Å². The molecule has 0 unspecified atom stereocenters. The van der Waals surface area contributed by atoms with Crippen molar-refractivity contribution < 1.29 is 32.2 Å². The maximum atomic E-state index is 13.0. The minimum atomic E-state index is -3.89. The number of nitrogens with one attached hydrogen (secondary N) is 1. The first kappa shape index (κ1) is 29.1. The number of halogens is 3. The molecule has 0 aliphatic carbocycles. The monoisotopic (exact) mass is 612 g/mol. The molecule has 1 N–H and O–H groups in total. The van der Waals surface area contributed by atoms with Crippen molar-refractivity contribution in [2.24, 2.45) is 0 Å². The van der Waals surface area contributed by atoms with Crippen LogP contribution in [0.2, 0.25) is 15.1 Å². The third-order valence-electron chi connectivity index (χ3n) is 5.64. The summed E-state index contributed by atoms with van der Waals surface area (Å²) in [5.41, 5.74) is 0.957. The maximum absolute atomic E-state index is 13.0. The Morgan fingerprint density at radius 1 is 0.949 bits per heavy atom. The Morgan fingerprint density at radius 3 is 2.44 bits per heavy atom. The van der Waals surface area contributed by atoms with Crippen LogP contribution in [0.3, 0.4) is 0 Å². The van der Waals surface area contributed by atoms with Crippen LogP contribution in [0.15, 0.2) is 65.6 Å². The first-order chi connectivity index (χ1) is 18.6. The largest absolute Gasteiger partial charge is 0.488 e. The molecular formula is C26H23Cl3N2O7S. The molecular weight excluding hydrogens is 591 g/mol. The van der Waals surface area contributed by atoms with Crippen LogP contribution >= 0.6 is 34.8 Å². The first-order valence-electron chi connectivity index (χ1n) is 11.7. The van der Waals surface area contributed by atoms with Gasteiger partial charge in [0.1, 0.15) is 22.8 Å². The molecule has 3 aromatic carbocycles. The normalized spacial score (nSPS) is 14.0. The van der Waals surface area contributed by atoms with E-state index in [1.165, 1.54) is 28.6 Å².